The second-order valence-electron chi connectivity index (χ2n) is 3.15. The van der Waals surface area contributed by atoms with Crippen molar-refractivity contribution in [3.63, 3.8) is 0 Å². The molecule has 2 rings (SSSR count). The van der Waals surface area contributed by atoms with Gasteiger partial charge in [-0.25, -0.2) is 4.79 Å². The van der Waals surface area contributed by atoms with Crippen LogP contribution in [-0.2, 0) is 19.6 Å². The lowest BCUT2D eigenvalue weighted by Gasteiger charge is -2.17. The predicted octanol–water partition coefficient (Wildman–Crippen LogP) is 0.0420. The molecule has 1 N–H and O–H groups in total. The normalized spacial score (nSPS) is 14.0. The highest BCUT2D eigenvalue weighted by atomic mass is 32.2. The fraction of sp³-hybridized carbons (Fsp3) is 0.111. The Morgan fingerprint density at radius 1 is 1.41 bits per heavy atom. The van der Waals surface area contributed by atoms with Crippen molar-refractivity contribution >= 4 is 27.7 Å². The fourth-order valence-electron chi connectivity index (χ4n) is 1.32. The molecule has 1 aromatic rings. The molecule has 0 bridgehead atoms. The van der Waals surface area contributed by atoms with E-state index in [-0.39, 0.29) is 23.1 Å². The number of carbonyl (C=O) groups is 1. The molecule has 1 aliphatic heterocycles. The third-order valence-corrected chi connectivity index (χ3v) is 3.20. The monoisotopic (exact) mass is 254 g/mol. The number of isocyanates is 1. The van der Waals surface area contributed by atoms with E-state index >= 15 is 0 Å². The van der Waals surface area contributed by atoms with Crippen LogP contribution in [0.15, 0.2) is 27.5 Å². The summed E-state index contributed by atoms with van der Waals surface area (Å²) in [6, 6.07) is 3.77. The first-order valence-corrected chi connectivity index (χ1v) is 5.88. The van der Waals surface area contributed by atoms with Gasteiger partial charge in [-0.2, -0.15) is 8.42 Å². The molecule has 0 spiro atoms. The molecule has 0 unspecified atom stereocenters. The topological polar surface area (TPSA) is 102 Å². The number of sulfonamides is 1. The van der Waals surface area contributed by atoms with Crippen molar-refractivity contribution in [2.75, 3.05) is 11.9 Å². The molecule has 7 nitrogen and oxygen atoms in total. The number of ether oxygens (including phenoxy) is 1. The summed E-state index contributed by atoms with van der Waals surface area (Å²) in [7, 11) is -4.07. The Hall–Kier alpha value is -2.18. The molecular formula is C9H6N2O5S. The molecule has 1 aromatic carbocycles. The standard InChI is InChI=1S/C9H6N2O5S/c12-5-10-17(14,15)6-1-2-8-7(3-6)11-9(13)4-16-8/h1-3H,4H2,(H,11,13). The average Bonchev–Trinajstić information content (AvgIpc) is 2.28. The van der Waals surface area contributed by atoms with Crippen LogP contribution in [0.25, 0.3) is 0 Å². The average molecular weight is 254 g/mol. The molecule has 8 heteroatoms. The van der Waals surface area contributed by atoms with Gasteiger partial charge in [0, 0.05) is 0 Å². The molecule has 88 valence electrons. The van der Waals surface area contributed by atoms with E-state index in [2.05, 4.69) is 9.71 Å². The van der Waals surface area contributed by atoms with Gasteiger partial charge < -0.3 is 10.1 Å². The number of nitrogens with one attached hydrogen (secondary N) is 1. The first-order chi connectivity index (χ1) is 8.03. The summed E-state index contributed by atoms with van der Waals surface area (Å²) < 4.78 is 30.6. The van der Waals surface area contributed by atoms with Crippen molar-refractivity contribution in [1.29, 1.82) is 0 Å². The van der Waals surface area contributed by atoms with Crippen LogP contribution in [0.4, 0.5) is 5.69 Å². The maximum atomic E-state index is 11.4. The number of fused-ring (bicyclic) bond motifs is 1. The van der Waals surface area contributed by atoms with Crippen molar-refractivity contribution in [2.24, 2.45) is 4.40 Å². The van der Waals surface area contributed by atoms with Crippen molar-refractivity contribution in [3.8, 4) is 5.75 Å². The van der Waals surface area contributed by atoms with Crippen molar-refractivity contribution in [3.05, 3.63) is 18.2 Å². The van der Waals surface area contributed by atoms with E-state index in [0.29, 0.717) is 5.75 Å². The Kier molecular flexibility index (Phi) is 2.66. The first-order valence-electron chi connectivity index (χ1n) is 4.44. The predicted molar refractivity (Wildman–Crippen MR) is 55.9 cm³/mol. The molecule has 0 aromatic heterocycles. The van der Waals surface area contributed by atoms with E-state index in [0.717, 1.165) is 6.08 Å². The summed E-state index contributed by atoms with van der Waals surface area (Å²) in [5.41, 5.74) is 0.225. The fourth-order valence-corrected chi connectivity index (χ4v) is 2.03. The summed E-state index contributed by atoms with van der Waals surface area (Å²) in [4.78, 5) is 20.8. The van der Waals surface area contributed by atoms with Crippen molar-refractivity contribution < 1.29 is 22.7 Å². The Labute approximate surface area is 96.2 Å². The highest BCUT2D eigenvalue weighted by Crippen LogP contribution is 2.30. The Balaban J connectivity index is 2.50. The Morgan fingerprint density at radius 3 is 2.88 bits per heavy atom. The Bertz CT molecular complexity index is 631. The van der Waals surface area contributed by atoms with E-state index in [1.165, 1.54) is 18.2 Å². The molecule has 0 atom stereocenters. The van der Waals surface area contributed by atoms with Crippen LogP contribution in [-0.4, -0.2) is 27.0 Å². The number of rotatable bonds is 2. The molecular weight excluding hydrogens is 248 g/mol. The zero-order valence-corrected chi connectivity index (χ0v) is 9.15. The molecule has 17 heavy (non-hydrogen) atoms. The third-order valence-electron chi connectivity index (χ3n) is 2.04. The van der Waals surface area contributed by atoms with Gasteiger partial charge in [-0.15, -0.1) is 0 Å². The number of anilines is 1. The van der Waals surface area contributed by atoms with Crippen LogP contribution < -0.4 is 10.1 Å². The summed E-state index contributed by atoms with van der Waals surface area (Å²) in [6.07, 6.45) is 0.964. The lowest BCUT2D eigenvalue weighted by Crippen LogP contribution is -2.25. The summed E-state index contributed by atoms with van der Waals surface area (Å²) >= 11 is 0. The molecule has 1 aliphatic rings. The zero-order valence-electron chi connectivity index (χ0n) is 8.34. The third kappa shape index (κ3) is 2.17. The summed E-state index contributed by atoms with van der Waals surface area (Å²) in [6.45, 7) is -0.119. The number of amides is 1. The smallest absolute Gasteiger partial charge is 0.292 e. The molecule has 1 heterocycles. The van der Waals surface area contributed by atoms with E-state index in [4.69, 9.17) is 4.74 Å². The number of hydrogen-bond donors (Lipinski definition) is 1. The van der Waals surface area contributed by atoms with Gasteiger partial charge in [0.05, 0.1) is 10.6 Å². The van der Waals surface area contributed by atoms with E-state index in [1.807, 2.05) is 0 Å². The van der Waals surface area contributed by atoms with Gasteiger partial charge in [0.2, 0.25) is 0 Å². The van der Waals surface area contributed by atoms with Gasteiger partial charge in [0.25, 0.3) is 22.0 Å². The lowest BCUT2D eigenvalue weighted by molar-refractivity contribution is -0.118. The van der Waals surface area contributed by atoms with Gasteiger partial charge in [-0.3, -0.25) is 4.79 Å². The molecule has 0 fully saturated rings. The minimum atomic E-state index is -4.07. The quantitative estimate of drug-likeness (QED) is 0.593. The number of hydrogen-bond acceptors (Lipinski definition) is 5. The maximum absolute atomic E-state index is 11.4. The number of benzene rings is 1. The largest absolute Gasteiger partial charge is 0.482 e. The molecule has 0 saturated heterocycles. The highest BCUT2D eigenvalue weighted by molar-refractivity contribution is 7.90. The zero-order chi connectivity index (χ0) is 12.5. The van der Waals surface area contributed by atoms with Crippen LogP contribution in [0.1, 0.15) is 0 Å². The lowest BCUT2D eigenvalue weighted by atomic mass is 10.2. The van der Waals surface area contributed by atoms with Crippen LogP contribution in [0.5, 0.6) is 5.75 Å². The van der Waals surface area contributed by atoms with E-state index < -0.39 is 10.0 Å². The van der Waals surface area contributed by atoms with Crippen LogP contribution in [0.3, 0.4) is 0 Å². The second-order valence-corrected chi connectivity index (χ2v) is 4.76. The SMILES string of the molecule is O=C=NS(=O)(=O)c1ccc2c(c1)NC(=O)CO2. The van der Waals surface area contributed by atoms with Crippen LogP contribution >= 0.6 is 0 Å². The molecule has 0 aliphatic carbocycles. The summed E-state index contributed by atoms with van der Waals surface area (Å²) in [5.74, 6) is -0.0235. The maximum Gasteiger partial charge on any atom is 0.292 e. The van der Waals surface area contributed by atoms with Crippen molar-refractivity contribution in [2.45, 2.75) is 4.90 Å². The second kappa shape index (κ2) is 4.00. The van der Waals surface area contributed by atoms with E-state index in [9.17, 15) is 18.0 Å². The number of nitrogens with zero attached hydrogens (tertiary/aromatic N) is 1. The summed E-state index contributed by atoms with van der Waals surface area (Å²) in [5, 5.41) is 2.45. The number of carbonyl (C=O) groups excluding carboxylic acids is 2. The molecule has 1 amide bonds. The Morgan fingerprint density at radius 2 is 2.18 bits per heavy atom. The van der Waals surface area contributed by atoms with Gasteiger partial charge in [0.15, 0.2) is 6.61 Å². The minimum Gasteiger partial charge on any atom is -0.482 e. The molecule has 0 radical (unpaired) electrons. The molecule has 0 saturated carbocycles. The van der Waals surface area contributed by atoms with Gasteiger partial charge in [-0.05, 0) is 18.2 Å². The van der Waals surface area contributed by atoms with Gasteiger partial charge in [0.1, 0.15) is 5.75 Å². The highest BCUT2D eigenvalue weighted by Gasteiger charge is 2.20. The van der Waals surface area contributed by atoms with Gasteiger partial charge >= 0.3 is 0 Å². The first kappa shape index (κ1) is 11.3. The van der Waals surface area contributed by atoms with Crippen molar-refractivity contribution in [1.82, 2.24) is 0 Å². The van der Waals surface area contributed by atoms with Crippen LogP contribution in [0, 0.1) is 0 Å². The minimum absolute atomic E-state index is 0.119. The van der Waals surface area contributed by atoms with Crippen LogP contribution in [0.2, 0.25) is 0 Å². The van der Waals surface area contributed by atoms with Gasteiger partial charge in [-0.1, -0.05) is 4.40 Å². The van der Waals surface area contributed by atoms with E-state index in [1.54, 1.807) is 0 Å².